The fourth-order valence-corrected chi connectivity index (χ4v) is 1.07. The van der Waals surface area contributed by atoms with Crippen LogP contribution in [0.1, 0.15) is 5.56 Å². The van der Waals surface area contributed by atoms with Gasteiger partial charge in [0.1, 0.15) is 11.6 Å². The van der Waals surface area contributed by atoms with Crippen LogP contribution in [0.5, 0.6) is 5.75 Å². The molecule has 0 fully saturated rings. The summed E-state index contributed by atoms with van der Waals surface area (Å²) in [5.41, 5.74) is 6.09. The van der Waals surface area contributed by atoms with E-state index in [0.29, 0.717) is 12.3 Å². The summed E-state index contributed by atoms with van der Waals surface area (Å²) in [6, 6.07) is 2.70. The second kappa shape index (κ2) is 5.23. The third-order valence-corrected chi connectivity index (χ3v) is 1.81. The van der Waals surface area contributed by atoms with E-state index in [9.17, 15) is 4.39 Å². The maximum absolute atomic E-state index is 13.3. The van der Waals surface area contributed by atoms with Crippen LogP contribution in [0.2, 0.25) is 0 Å². The van der Waals surface area contributed by atoms with Crippen LogP contribution in [0.15, 0.2) is 12.1 Å². The van der Waals surface area contributed by atoms with E-state index < -0.39 is 5.82 Å². The van der Waals surface area contributed by atoms with E-state index in [2.05, 4.69) is 17.2 Å². The van der Waals surface area contributed by atoms with Crippen LogP contribution in [0.3, 0.4) is 0 Å². The van der Waals surface area contributed by atoms with Gasteiger partial charge in [0, 0.05) is 12.1 Å². The second-order valence-electron chi connectivity index (χ2n) is 2.91. The summed E-state index contributed by atoms with van der Waals surface area (Å²) in [7, 11) is 3.25. The predicted molar refractivity (Wildman–Crippen MR) is 58.2 cm³/mol. The number of nitrogens with two attached hydrogens (primary N) is 1. The van der Waals surface area contributed by atoms with Crippen LogP contribution >= 0.6 is 0 Å². The summed E-state index contributed by atoms with van der Waals surface area (Å²) in [4.78, 5) is 0. The standard InChI is InChI=1S/C11H13FN2O/c1-14-5-3-4-8-6-11(15-2)10(13)7-9(8)12/h6-7,14H,5,13H2,1-2H3. The molecule has 0 aromatic heterocycles. The van der Waals surface area contributed by atoms with E-state index in [1.165, 1.54) is 19.2 Å². The highest BCUT2D eigenvalue weighted by molar-refractivity contribution is 5.57. The molecule has 0 amide bonds. The van der Waals surface area contributed by atoms with Gasteiger partial charge in [-0.1, -0.05) is 11.8 Å². The first kappa shape index (κ1) is 11.3. The highest BCUT2D eigenvalue weighted by atomic mass is 19.1. The zero-order valence-electron chi connectivity index (χ0n) is 8.73. The van der Waals surface area contributed by atoms with Crippen molar-refractivity contribution in [1.29, 1.82) is 0 Å². The monoisotopic (exact) mass is 208 g/mol. The molecule has 0 atom stereocenters. The SMILES string of the molecule is CNCC#Cc1cc(OC)c(N)cc1F. The van der Waals surface area contributed by atoms with Crippen LogP contribution in [0, 0.1) is 17.7 Å². The van der Waals surface area contributed by atoms with Gasteiger partial charge in [-0.15, -0.1) is 0 Å². The van der Waals surface area contributed by atoms with Crippen molar-refractivity contribution in [2.45, 2.75) is 0 Å². The van der Waals surface area contributed by atoms with Gasteiger partial charge in [0.25, 0.3) is 0 Å². The van der Waals surface area contributed by atoms with E-state index >= 15 is 0 Å². The number of hydrogen-bond donors (Lipinski definition) is 2. The summed E-state index contributed by atoms with van der Waals surface area (Å²) in [5, 5.41) is 2.85. The molecule has 0 saturated carbocycles. The molecule has 3 nitrogen and oxygen atoms in total. The summed E-state index contributed by atoms with van der Waals surface area (Å²) in [6.45, 7) is 0.506. The molecule has 15 heavy (non-hydrogen) atoms. The summed E-state index contributed by atoms with van der Waals surface area (Å²) < 4.78 is 18.3. The molecule has 0 radical (unpaired) electrons. The average Bonchev–Trinajstić information content (AvgIpc) is 2.21. The van der Waals surface area contributed by atoms with E-state index in [1.807, 2.05) is 0 Å². The van der Waals surface area contributed by atoms with E-state index in [1.54, 1.807) is 7.05 Å². The molecule has 0 aliphatic heterocycles. The molecular weight excluding hydrogens is 195 g/mol. The first-order valence-corrected chi connectivity index (χ1v) is 4.45. The molecular formula is C11H13FN2O. The number of benzene rings is 1. The van der Waals surface area contributed by atoms with Gasteiger partial charge in [-0.25, -0.2) is 4.39 Å². The Morgan fingerprint density at radius 3 is 2.87 bits per heavy atom. The minimum Gasteiger partial charge on any atom is -0.495 e. The van der Waals surface area contributed by atoms with E-state index in [-0.39, 0.29) is 11.3 Å². The van der Waals surface area contributed by atoms with Gasteiger partial charge in [-0.05, 0) is 7.05 Å². The summed E-state index contributed by atoms with van der Waals surface area (Å²) in [5.74, 6) is 5.46. The lowest BCUT2D eigenvalue weighted by molar-refractivity contribution is 0.416. The maximum Gasteiger partial charge on any atom is 0.143 e. The lowest BCUT2D eigenvalue weighted by Gasteiger charge is -2.05. The number of hydrogen-bond acceptors (Lipinski definition) is 3. The van der Waals surface area contributed by atoms with Gasteiger partial charge in [-0.3, -0.25) is 0 Å². The zero-order valence-corrected chi connectivity index (χ0v) is 8.73. The summed E-state index contributed by atoms with van der Waals surface area (Å²) in [6.07, 6.45) is 0. The minimum atomic E-state index is -0.433. The molecule has 0 aliphatic rings. The van der Waals surface area contributed by atoms with Crippen LogP contribution in [0.25, 0.3) is 0 Å². The minimum absolute atomic E-state index is 0.272. The molecule has 0 saturated heterocycles. The Balaban J connectivity index is 3.04. The van der Waals surface area contributed by atoms with Crippen LogP contribution in [0.4, 0.5) is 10.1 Å². The van der Waals surface area contributed by atoms with E-state index in [0.717, 1.165) is 0 Å². The van der Waals surface area contributed by atoms with Crippen molar-refractivity contribution in [2.75, 3.05) is 26.4 Å². The second-order valence-corrected chi connectivity index (χ2v) is 2.91. The highest BCUT2D eigenvalue weighted by Crippen LogP contribution is 2.24. The Morgan fingerprint density at radius 1 is 1.53 bits per heavy atom. The molecule has 80 valence electrons. The van der Waals surface area contributed by atoms with Crippen molar-refractivity contribution in [3.63, 3.8) is 0 Å². The molecule has 0 spiro atoms. The van der Waals surface area contributed by atoms with Gasteiger partial charge < -0.3 is 15.8 Å². The third-order valence-electron chi connectivity index (χ3n) is 1.81. The molecule has 1 rings (SSSR count). The molecule has 0 aliphatic carbocycles. The first-order chi connectivity index (χ1) is 7.19. The quantitative estimate of drug-likeness (QED) is 0.562. The Kier molecular flexibility index (Phi) is 3.95. The average molecular weight is 208 g/mol. The lowest BCUT2D eigenvalue weighted by Crippen LogP contribution is -2.04. The number of ether oxygens (including phenoxy) is 1. The van der Waals surface area contributed by atoms with Crippen molar-refractivity contribution in [3.8, 4) is 17.6 Å². The molecule has 0 heterocycles. The Hall–Kier alpha value is -1.73. The van der Waals surface area contributed by atoms with Gasteiger partial charge >= 0.3 is 0 Å². The molecule has 1 aromatic rings. The topological polar surface area (TPSA) is 47.3 Å². The fourth-order valence-electron chi connectivity index (χ4n) is 1.07. The highest BCUT2D eigenvalue weighted by Gasteiger charge is 2.05. The number of methoxy groups -OCH3 is 1. The zero-order chi connectivity index (χ0) is 11.3. The Morgan fingerprint density at radius 2 is 2.27 bits per heavy atom. The van der Waals surface area contributed by atoms with Crippen molar-refractivity contribution in [3.05, 3.63) is 23.5 Å². The maximum atomic E-state index is 13.3. The van der Waals surface area contributed by atoms with Gasteiger partial charge in [0.15, 0.2) is 0 Å². The van der Waals surface area contributed by atoms with Crippen LogP contribution in [-0.2, 0) is 0 Å². The molecule has 0 bridgehead atoms. The summed E-state index contributed by atoms with van der Waals surface area (Å²) >= 11 is 0. The van der Waals surface area contributed by atoms with Crippen molar-refractivity contribution in [1.82, 2.24) is 5.32 Å². The van der Waals surface area contributed by atoms with Crippen molar-refractivity contribution < 1.29 is 9.13 Å². The van der Waals surface area contributed by atoms with Gasteiger partial charge in [0.2, 0.25) is 0 Å². The largest absolute Gasteiger partial charge is 0.495 e. The number of rotatable bonds is 2. The Labute approximate surface area is 88.4 Å². The normalized spacial score (nSPS) is 9.27. The molecule has 0 unspecified atom stereocenters. The Bertz CT molecular complexity index is 407. The van der Waals surface area contributed by atoms with Crippen molar-refractivity contribution in [2.24, 2.45) is 0 Å². The van der Waals surface area contributed by atoms with E-state index in [4.69, 9.17) is 10.5 Å². The van der Waals surface area contributed by atoms with Crippen molar-refractivity contribution >= 4 is 5.69 Å². The molecule has 3 N–H and O–H groups in total. The first-order valence-electron chi connectivity index (χ1n) is 4.45. The fraction of sp³-hybridized carbons (Fsp3) is 0.273. The lowest BCUT2D eigenvalue weighted by atomic mass is 10.2. The molecule has 1 aromatic carbocycles. The third kappa shape index (κ3) is 2.86. The van der Waals surface area contributed by atoms with Gasteiger partial charge in [0.05, 0.1) is 24.9 Å². The number of nitrogens with one attached hydrogen (secondary N) is 1. The van der Waals surface area contributed by atoms with Crippen LogP contribution < -0.4 is 15.8 Å². The number of anilines is 1. The smallest absolute Gasteiger partial charge is 0.143 e. The van der Waals surface area contributed by atoms with Crippen LogP contribution in [-0.4, -0.2) is 20.7 Å². The predicted octanol–water partition coefficient (Wildman–Crippen LogP) is 0.987. The van der Waals surface area contributed by atoms with Gasteiger partial charge in [-0.2, -0.15) is 0 Å². The number of nitrogen functional groups attached to an aromatic ring is 1. The molecule has 4 heteroatoms. The number of halogens is 1.